The molecule has 0 spiro atoms. The molecule has 0 unspecified atom stereocenters. The molecule has 0 aromatic rings. The Labute approximate surface area is 68.4 Å². The normalized spacial score (nSPS) is 12.9. The SMILES string of the molecule is CC(C)N(C)CCS(N)(=O)=O. The summed E-state index contributed by atoms with van der Waals surface area (Å²) >= 11 is 0. The Morgan fingerprint density at radius 1 is 1.45 bits per heavy atom. The second kappa shape index (κ2) is 4.04. The van der Waals surface area contributed by atoms with Crippen molar-refractivity contribution in [3.05, 3.63) is 0 Å². The molecule has 0 fully saturated rings. The van der Waals surface area contributed by atoms with Gasteiger partial charge in [-0.2, -0.15) is 0 Å². The number of primary sulfonamides is 1. The van der Waals surface area contributed by atoms with Crippen molar-refractivity contribution in [3.63, 3.8) is 0 Å². The Kier molecular flexibility index (Phi) is 3.99. The highest BCUT2D eigenvalue weighted by Crippen LogP contribution is 1.92. The molecular formula is C6H16N2O2S. The molecule has 5 heteroatoms. The standard InChI is InChI=1S/C6H16N2O2S/c1-6(2)8(3)4-5-11(7,9)10/h6H,4-5H2,1-3H3,(H2,7,9,10). The minimum atomic E-state index is -3.29. The van der Waals surface area contributed by atoms with Gasteiger partial charge in [-0.25, -0.2) is 13.6 Å². The minimum Gasteiger partial charge on any atom is -0.303 e. The third-order valence-corrected chi connectivity index (χ3v) is 2.36. The summed E-state index contributed by atoms with van der Waals surface area (Å²) in [6.45, 7) is 4.50. The topological polar surface area (TPSA) is 63.4 Å². The molecule has 68 valence electrons. The van der Waals surface area contributed by atoms with Gasteiger partial charge >= 0.3 is 0 Å². The van der Waals surface area contributed by atoms with Gasteiger partial charge in [0.05, 0.1) is 5.75 Å². The lowest BCUT2D eigenvalue weighted by Crippen LogP contribution is -2.33. The fourth-order valence-corrected chi connectivity index (χ4v) is 1.07. The van der Waals surface area contributed by atoms with Crippen LogP contribution in [0.1, 0.15) is 13.8 Å². The summed E-state index contributed by atoms with van der Waals surface area (Å²) in [7, 11) is -1.42. The van der Waals surface area contributed by atoms with Crippen molar-refractivity contribution < 1.29 is 8.42 Å². The second-order valence-corrected chi connectivity index (χ2v) is 4.68. The lowest BCUT2D eigenvalue weighted by atomic mass is 10.3. The van der Waals surface area contributed by atoms with Crippen LogP contribution < -0.4 is 5.14 Å². The Bertz CT molecular complexity index is 199. The lowest BCUT2D eigenvalue weighted by molar-refractivity contribution is 0.289. The third-order valence-electron chi connectivity index (χ3n) is 1.61. The van der Waals surface area contributed by atoms with Crippen LogP contribution >= 0.6 is 0 Å². The molecule has 0 aromatic carbocycles. The number of rotatable bonds is 4. The maximum atomic E-state index is 10.5. The third kappa shape index (κ3) is 6.28. The highest BCUT2D eigenvalue weighted by molar-refractivity contribution is 7.89. The highest BCUT2D eigenvalue weighted by atomic mass is 32.2. The number of hydrogen-bond donors (Lipinski definition) is 1. The van der Waals surface area contributed by atoms with Crippen LogP contribution in [-0.2, 0) is 10.0 Å². The van der Waals surface area contributed by atoms with E-state index in [0.29, 0.717) is 12.6 Å². The van der Waals surface area contributed by atoms with Crippen molar-refractivity contribution in [1.82, 2.24) is 4.90 Å². The monoisotopic (exact) mass is 180 g/mol. The fraction of sp³-hybridized carbons (Fsp3) is 1.00. The molecular weight excluding hydrogens is 164 g/mol. The smallest absolute Gasteiger partial charge is 0.210 e. The maximum Gasteiger partial charge on any atom is 0.210 e. The van der Waals surface area contributed by atoms with E-state index in [1.54, 1.807) is 0 Å². The predicted octanol–water partition coefficient (Wildman–Crippen LogP) is -0.385. The van der Waals surface area contributed by atoms with Crippen LogP contribution in [0.3, 0.4) is 0 Å². The van der Waals surface area contributed by atoms with Gasteiger partial charge in [0.1, 0.15) is 0 Å². The van der Waals surface area contributed by atoms with Crippen LogP contribution in [0.25, 0.3) is 0 Å². The van der Waals surface area contributed by atoms with Crippen molar-refractivity contribution in [2.45, 2.75) is 19.9 Å². The van der Waals surface area contributed by atoms with Crippen LogP contribution in [-0.4, -0.2) is 38.7 Å². The number of sulfonamides is 1. The zero-order valence-corrected chi connectivity index (χ0v) is 8.06. The average Bonchev–Trinajstić information content (AvgIpc) is 1.80. The first-order chi connectivity index (χ1) is 4.83. The van der Waals surface area contributed by atoms with Gasteiger partial charge in [-0.3, -0.25) is 0 Å². The Morgan fingerprint density at radius 2 is 1.91 bits per heavy atom. The van der Waals surface area contributed by atoms with Gasteiger partial charge in [0.25, 0.3) is 0 Å². The molecule has 0 aliphatic carbocycles. The number of nitrogens with zero attached hydrogens (tertiary/aromatic N) is 1. The molecule has 11 heavy (non-hydrogen) atoms. The molecule has 4 nitrogen and oxygen atoms in total. The second-order valence-electron chi connectivity index (χ2n) is 2.94. The summed E-state index contributed by atoms with van der Waals surface area (Å²) in [5, 5.41) is 4.83. The predicted molar refractivity (Wildman–Crippen MR) is 45.7 cm³/mol. The first-order valence-corrected chi connectivity index (χ1v) is 5.25. The van der Waals surface area contributed by atoms with Gasteiger partial charge in [-0.05, 0) is 20.9 Å². The first-order valence-electron chi connectivity index (χ1n) is 3.53. The molecule has 2 N–H and O–H groups in total. The summed E-state index contributed by atoms with van der Waals surface area (Å²) in [6.07, 6.45) is 0. The molecule has 0 heterocycles. The first kappa shape index (κ1) is 10.9. The van der Waals surface area contributed by atoms with Crippen LogP contribution in [0, 0.1) is 0 Å². The summed E-state index contributed by atoms with van der Waals surface area (Å²) < 4.78 is 21.0. The van der Waals surface area contributed by atoms with E-state index in [0.717, 1.165) is 0 Å². The van der Waals surface area contributed by atoms with E-state index in [1.807, 2.05) is 25.8 Å². The minimum absolute atomic E-state index is 0.0294. The Hall–Kier alpha value is -0.130. The van der Waals surface area contributed by atoms with E-state index in [1.165, 1.54) is 0 Å². The van der Waals surface area contributed by atoms with Gasteiger partial charge in [0, 0.05) is 12.6 Å². The van der Waals surface area contributed by atoms with Crippen molar-refractivity contribution in [2.75, 3.05) is 19.3 Å². The van der Waals surface area contributed by atoms with Gasteiger partial charge in [0.2, 0.25) is 10.0 Å². The summed E-state index contributed by atoms with van der Waals surface area (Å²) in [5.74, 6) is 0.0294. The molecule has 0 aliphatic heterocycles. The summed E-state index contributed by atoms with van der Waals surface area (Å²) in [4.78, 5) is 1.93. The Morgan fingerprint density at radius 3 is 2.18 bits per heavy atom. The zero-order chi connectivity index (χ0) is 9.07. The van der Waals surface area contributed by atoms with E-state index in [2.05, 4.69) is 0 Å². The van der Waals surface area contributed by atoms with Crippen LogP contribution in [0.15, 0.2) is 0 Å². The van der Waals surface area contributed by atoms with Gasteiger partial charge in [-0.1, -0.05) is 0 Å². The van der Waals surface area contributed by atoms with Crippen molar-refractivity contribution in [1.29, 1.82) is 0 Å². The Balaban J connectivity index is 3.72. The van der Waals surface area contributed by atoms with E-state index in [-0.39, 0.29) is 5.75 Å². The molecule has 0 rings (SSSR count). The zero-order valence-electron chi connectivity index (χ0n) is 7.24. The average molecular weight is 180 g/mol. The van der Waals surface area contributed by atoms with Gasteiger partial charge in [0.15, 0.2) is 0 Å². The largest absolute Gasteiger partial charge is 0.303 e. The fourth-order valence-electron chi connectivity index (χ4n) is 0.529. The van der Waals surface area contributed by atoms with Crippen LogP contribution in [0.4, 0.5) is 0 Å². The van der Waals surface area contributed by atoms with E-state index in [9.17, 15) is 8.42 Å². The van der Waals surface area contributed by atoms with E-state index < -0.39 is 10.0 Å². The van der Waals surface area contributed by atoms with Crippen molar-refractivity contribution in [2.24, 2.45) is 5.14 Å². The van der Waals surface area contributed by atoms with E-state index >= 15 is 0 Å². The molecule has 0 radical (unpaired) electrons. The molecule has 0 bridgehead atoms. The van der Waals surface area contributed by atoms with Gasteiger partial charge < -0.3 is 4.90 Å². The quantitative estimate of drug-likeness (QED) is 0.641. The molecule has 0 aromatic heterocycles. The summed E-state index contributed by atoms with van der Waals surface area (Å²) in [6, 6.07) is 0.358. The van der Waals surface area contributed by atoms with Crippen molar-refractivity contribution in [3.8, 4) is 0 Å². The molecule has 0 saturated carbocycles. The van der Waals surface area contributed by atoms with Gasteiger partial charge in [-0.15, -0.1) is 0 Å². The molecule has 0 aliphatic rings. The van der Waals surface area contributed by atoms with Crippen LogP contribution in [0.5, 0.6) is 0 Å². The molecule has 0 amide bonds. The number of hydrogen-bond acceptors (Lipinski definition) is 3. The molecule has 0 saturated heterocycles. The molecule has 0 atom stereocenters. The lowest BCUT2D eigenvalue weighted by Gasteiger charge is -2.19. The van der Waals surface area contributed by atoms with E-state index in [4.69, 9.17) is 5.14 Å². The highest BCUT2D eigenvalue weighted by Gasteiger charge is 2.07. The van der Waals surface area contributed by atoms with Crippen molar-refractivity contribution >= 4 is 10.0 Å². The summed E-state index contributed by atoms with van der Waals surface area (Å²) in [5.41, 5.74) is 0. The number of nitrogens with two attached hydrogens (primary N) is 1. The van der Waals surface area contributed by atoms with Crippen LogP contribution in [0.2, 0.25) is 0 Å². The maximum absolute atomic E-state index is 10.5.